The van der Waals surface area contributed by atoms with Gasteiger partial charge in [-0.2, -0.15) is 5.10 Å². The molecule has 1 aliphatic heterocycles. The number of aromatic nitrogens is 4. The average molecular weight is 348 g/mol. The summed E-state index contributed by atoms with van der Waals surface area (Å²) in [6.07, 6.45) is 0.917. The van der Waals surface area contributed by atoms with Gasteiger partial charge in [0.15, 0.2) is 0 Å². The second kappa shape index (κ2) is 6.05. The van der Waals surface area contributed by atoms with Crippen LogP contribution in [0.5, 0.6) is 0 Å². The van der Waals surface area contributed by atoms with Crippen LogP contribution in [0.15, 0.2) is 23.1 Å². The van der Waals surface area contributed by atoms with Crippen LogP contribution in [0.25, 0.3) is 0 Å². The van der Waals surface area contributed by atoms with Crippen LogP contribution in [0.3, 0.4) is 0 Å². The number of H-pyrrole nitrogens is 1. The van der Waals surface area contributed by atoms with Crippen molar-refractivity contribution in [2.75, 3.05) is 29.9 Å². The number of aromatic amines is 1. The van der Waals surface area contributed by atoms with Crippen LogP contribution in [-0.2, 0) is 0 Å². The van der Waals surface area contributed by atoms with Crippen molar-refractivity contribution in [2.24, 2.45) is 0 Å². The number of rotatable bonds is 5. The third-order valence-corrected chi connectivity index (χ3v) is 4.70. The summed E-state index contributed by atoms with van der Waals surface area (Å²) < 4.78 is 26.3. The fourth-order valence-corrected chi connectivity index (χ4v) is 2.93. The molecule has 1 saturated heterocycles. The molecular weight excluding hydrogens is 330 g/mol. The zero-order chi connectivity index (χ0) is 17.6. The van der Waals surface area contributed by atoms with Crippen molar-refractivity contribution in [2.45, 2.75) is 31.2 Å². The summed E-state index contributed by atoms with van der Waals surface area (Å²) in [4.78, 5) is 23.8. The molecule has 0 radical (unpaired) electrons. The highest BCUT2D eigenvalue weighted by atomic mass is 19.3. The van der Waals surface area contributed by atoms with Gasteiger partial charge < -0.3 is 9.80 Å². The van der Waals surface area contributed by atoms with Gasteiger partial charge in [-0.05, 0) is 12.8 Å². The molecule has 25 heavy (non-hydrogen) atoms. The van der Waals surface area contributed by atoms with Gasteiger partial charge in [0.05, 0.1) is 17.9 Å². The zero-order valence-corrected chi connectivity index (χ0v) is 13.7. The number of halogens is 2. The Kier molecular flexibility index (Phi) is 3.85. The first kappa shape index (κ1) is 15.9. The van der Waals surface area contributed by atoms with E-state index >= 15 is 0 Å². The van der Waals surface area contributed by atoms with Crippen LogP contribution < -0.4 is 15.4 Å². The van der Waals surface area contributed by atoms with E-state index in [0.717, 1.165) is 18.5 Å². The maximum atomic E-state index is 13.1. The Morgan fingerprint density at radius 3 is 2.68 bits per heavy atom. The molecule has 132 valence electrons. The van der Waals surface area contributed by atoms with Crippen molar-refractivity contribution in [3.63, 3.8) is 0 Å². The number of nitrogens with one attached hydrogen (secondary N) is 1. The normalized spacial score (nSPS) is 17.7. The van der Waals surface area contributed by atoms with Crippen molar-refractivity contribution in [3.05, 3.63) is 40.2 Å². The SMILES string of the molecule is CN(c1cc(C(F)F)nc(C2CC2)n1)C1CN(c2cn[nH]c(=O)c2)C1. The summed E-state index contributed by atoms with van der Waals surface area (Å²) in [5.41, 5.74) is 0.289. The molecule has 2 aromatic heterocycles. The second-order valence-corrected chi connectivity index (χ2v) is 6.56. The van der Waals surface area contributed by atoms with Crippen LogP contribution in [0.4, 0.5) is 20.3 Å². The molecule has 1 aliphatic carbocycles. The predicted molar refractivity (Wildman–Crippen MR) is 88.2 cm³/mol. The molecule has 1 N–H and O–H groups in total. The largest absolute Gasteiger partial charge is 0.366 e. The second-order valence-electron chi connectivity index (χ2n) is 6.56. The quantitative estimate of drug-likeness (QED) is 0.886. The molecule has 1 saturated carbocycles. The summed E-state index contributed by atoms with van der Waals surface area (Å²) in [5, 5.41) is 6.13. The first-order valence-electron chi connectivity index (χ1n) is 8.21. The lowest BCUT2D eigenvalue weighted by Gasteiger charge is -2.45. The van der Waals surface area contributed by atoms with Gasteiger partial charge in [0.25, 0.3) is 12.0 Å². The summed E-state index contributed by atoms with van der Waals surface area (Å²) in [5.74, 6) is 1.27. The lowest BCUT2D eigenvalue weighted by Crippen LogP contribution is -2.59. The molecular formula is C16H18F2N6O. The Balaban J connectivity index is 1.50. The molecule has 0 amide bonds. The molecule has 0 aromatic carbocycles. The van der Waals surface area contributed by atoms with Gasteiger partial charge in [-0.15, -0.1) is 0 Å². The Hall–Kier alpha value is -2.58. The van der Waals surface area contributed by atoms with Gasteiger partial charge in [-0.25, -0.2) is 23.8 Å². The van der Waals surface area contributed by atoms with E-state index in [9.17, 15) is 13.6 Å². The van der Waals surface area contributed by atoms with E-state index < -0.39 is 6.43 Å². The first-order chi connectivity index (χ1) is 12.0. The third-order valence-electron chi connectivity index (χ3n) is 4.70. The minimum absolute atomic E-state index is 0.131. The molecule has 4 rings (SSSR count). The molecule has 2 aliphatic rings. The van der Waals surface area contributed by atoms with Gasteiger partial charge in [0.2, 0.25) is 0 Å². The van der Waals surface area contributed by atoms with Crippen LogP contribution in [0, 0.1) is 0 Å². The fourth-order valence-electron chi connectivity index (χ4n) is 2.93. The average Bonchev–Trinajstić information content (AvgIpc) is 3.38. The van der Waals surface area contributed by atoms with Gasteiger partial charge in [-0.1, -0.05) is 0 Å². The van der Waals surface area contributed by atoms with Crippen molar-refractivity contribution in [3.8, 4) is 0 Å². The number of hydrogen-bond acceptors (Lipinski definition) is 6. The highest BCUT2D eigenvalue weighted by molar-refractivity contribution is 5.51. The highest BCUT2D eigenvalue weighted by Gasteiger charge is 2.33. The van der Waals surface area contributed by atoms with E-state index in [1.165, 1.54) is 12.1 Å². The van der Waals surface area contributed by atoms with Crippen LogP contribution in [-0.4, -0.2) is 46.3 Å². The predicted octanol–water partition coefficient (Wildman–Crippen LogP) is 1.70. The maximum absolute atomic E-state index is 13.1. The van der Waals surface area contributed by atoms with Crippen LogP contribution in [0.1, 0.15) is 36.7 Å². The fraction of sp³-hybridized carbons (Fsp3) is 0.500. The Morgan fingerprint density at radius 2 is 2.04 bits per heavy atom. The Bertz CT molecular complexity index is 811. The first-order valence-corrected chi connectivity index (χ1v) is 8.21. The van der Waals surface area contributed by atoms with E-state index in [0.29, 0.717) is 24.7 Å². The number of hydrogen-bond donors (Lipinski definition) is 1. The molecule has 0 atom stereocenters. The molecule has 3 heterocycles. The van der Waals surface area contributed by atoms with E-state index in [1.807, 2.05) is 16.8 Å². The molecule has 0 bridgehead atoms. The summed E-state index contributed by atoms with van der Waals surface area (Å²) in [6, 6.07) is 2.99. The third kappa shape index (κ3) is 3.18. The minimum atomic E-state index is -2.60. The molecule has 0 unspecified atom stereocenters. The summed E-state index contributed by atoms with van der Waals surface area (Å²) in [7, 11) is 1.85. The number of likely N-dealkylation sites (N-methyl/N-ethyl adjacent to an activating group) is 1. The molecule has 2 fully saturated rings. The number of anilines is 2. The minimum Gasteiger partial charge on any atom is -0.366 e. The smallest absolute Gasteiger partial charge is 0.280 e. The van der Waals surface area contributed by atoms with Crippen molar-refractivity contribution in [1.29, 1.82) is 0 Å². The number of nitrogens with zero attached hydrogens (tertiary/aromatic N) is 5. The molecule has 7 nitrogen and oxygen atoms in total. The van der Waals surface area contributed by atoms with Gasteiger partial charge >= 0.3 is 0 Å². The van der Waals surface area contributed by atoms with E-state index in [2.05, 4.69) is 20.2 Å². The Labute approximate surface area is 142 Å². The highest BCUT2D eigenvalue weighted by Crippen LogP contribution is 2.39. The molecule has 9 heteroatoms. The van der Waals surface area contributed by atoms with Crippen molar-refractivity contribution < 1.29 is 8.78 Å². The zero-order valence-electron chi connectivity index (χ0n) is 13.7. The summed E-state index contributed by atoms with van der Waals surface area (Å²) >= 11 is 0. The van der Waals surface area contributed by atoms with Crippen molar-refractivity contribution in [1.82, 2.24) is 20.2 Å². The molecule has 2 aromatic rings. The topological polar surface area (TPSA) is 78.0 Å². The monoisotopic (exact) mass is 348 g/mol. The standard InChI is InChI=1S/C16H18F2N6O/c1-23(11-7-24(8-11)10-4-14(25)22-19-6-10)13-5-12(15(17)18)20-16(21-13)9-2-3-9/h4-6,9,11,15H,2-3,7-8H2,1H3,(H,22,25). The Morgan fingerprint density at radius 1 is 1.28 bits per heavy atom. The van der Waals surface area contributed by atoms with Gasteiger partial charge in [-0.3, -0.25) is 4.79 Å². The van der Waals surface area contributed by atoms with Gasteiger partial charge in [0, 0.05) is 38.2 Å². The van der Waals surface area contributed by atoms with Crippen molar-refractivity contribution >= 4 is 11.5 Å². The molecule has 0 spiro atoms. The van der Waals surface area contributed by atoms with E-state index in [4.69, 9.17) is 0 Å². The lowest BCUT2D eigenvalue weighted by atomic mass is 10.1. The van der Waals surface area contributed by atoms with E-state index in [1.54, 1.807) is 6.20 Å². The van der Waals surface area contributed by atoms with E-state index in [-0.39, 0.29) is 23.2 Å². The van der Waals surface area contributed by atoms with Crippen LogP contribution >= 0.6 is 0 Å². The van der Waals surface area contributed by atoms with Gasteiger partial charge in [0.1, 0.15) is 17.3 Å². The lowest BCUT2D eigenvalue weighted by molar-refractivity contribution is 0.145. The van der Waals surface area contributed by atoms with Crippen LogP contribution in [0.2, 0.25) is 0 Å². The number of alkyl halides is 2. The maximum Gasteiger partial charge on any atom is 0.280 e. The summed E-state index contributed by atoms with van der Waals surface area (Å²) in [6.45, 7) is 1.35.